The lowest BCUT2D eigenvalue weighted by Crippen LogP contribution is -2.47. The van der Waals surface area contributed by atoms with Gasteiger partial charge in [0.05, 0.1) is 11.7 Å². The average molecular weight is 348 g/mol. The van der Waals surface area contributed by atoms with E-state index in [0.29, 0.717) is 18.5 Å². The van der Waals surface area contributed by atoms with Gasteiger partial charge >= 0.3 is 0 Å². The lowest BCUT2D eigenvalue weighted by Gasteiger charge is -2.34. The Morgan fingerprint density at radius 1 is 1.44 bits per heavy atom. The zero-order chi connectivity index (χ0) is 17.9. The van der Waals surface area contributed by atoms with Crippen LogP contribution in [-0.2, 0) is 14.9 Å². The Hall–Kier alpha value is -1.73. The van der Waals surface area contributed by atoms with Crippen molar-refractivity contribution >= 4 is 18.5 Å². The zero-order valence-corrected chi connectivity index (χ0v) is 15.2. The van der Waals surface area contributed by atoms with Gasteiger partial charge < -0.3 is 9.26 Å². The average Bonchev–Trinajstić information content (AvgIpc) is 3.25. The van der Waals surface area contributed by atoms with Crippen molar-refractivity contribution in [2.45, 2.75) is 57.0 Å². The molecule has 138 valence electrons. The number of aliphatic imine (C=N–C) groups is 1. The second kappa shape index (κ2) is 7.66. The van der Waals surface area contributed by atoms with Crippen LogP contribution >= 0.6 is 0 Å². The van der Waals surface area contributed by atoms with Crippen molar-refractivity contribution in [3.8, 4) is 0 Å². The van der Waals surface area contributed by atoms with Gasteiger partial charge in [-0.05, 0) is 38.9 Å². The minimum absolute atomic E-state index is 0.00802. The fraction of sp³-hybridized carbons (Fsp3) is 0.722. The number of hydrogen-bond donors (Lipinski definition) is 1. The predicted molar refractivity (Wildman–Crippen MR) is 96.1 cm³/mol. The summed E-state index contributed by atoms with van der Waals surface area (Å²) >= 11 is 0. The van der Waals surface area contributed by atoms with Crippen molar-refractivity contribution in [1.29, 1.82) is 0 Å². The first-order valence-corrected chi connectivity index (χ1v) is 9.05. The third-order valence-corrected chi connectivity index (χ3v) is 5.21. The molecule has 0 aromatic carbocycles. The third-order valence-electron chi connectivity index (χ3n) is 5.21. The van der Waals surface area contributed by atoms with Crippen molar-refractivity contribution in [1.82, 2.24) is 10.1 Å². The van der Waals surface area contributed by atoms with Gasteiger partial charge in [0, 0.05) is 37.3 Å². The summed E-state index contributed by atoms with van der Waals surface area (Å²) in [6.07, 6.45) is 3.93. The molecule has 0 spiro atoms. The van der Waals surface area contributed by atoms with E-state index in [-0.39, 0.29) is 17.4 Å². The molecule has 3 rings (SSSR count). The summed E-state index contributed by atoms with van der Waals surface area (Å²) in [6, 6.07) is 2.13. The number of hydrogen-bond acceptors (Lipinski definition) is 6. The van der Waals surface area contributed by atoms with Crippen LogP contribution < -0.4 is 5.32 Å². The van der Waals surface area contributed by atoms with Gasteiger partial charge in [0.1, 0.15) is 0 Å². The molecule has 0 unspecified atom stereocenters. The van der Waals surface area contributed by atoms with Crippen LogP contribution in [0.25, 0.3) is 0 Å². The molecular weight excluding hydrogens is 320 g/mol. The van der Waals surface area contributed by atoms with Gasteiger partial charge in [-0.1, -0.05) is 19.0 Å². The molecule has 2 aliphatic heterocycles. The number of amides is 1. The summed E-state index contributed by atoms with van der Waals surface area (Å²) in [5.74, 6) is 0.391. The molecule has 1 N–H and O–H groups in total. The molecule has 0 radical (unpaired) electrons. The van der Waals surface area contributed by atoms with E-state index in [0.717, 1.165) is 51.1 Å². The van der Waals surface area contributed by atoms with Crippen molar-refractivity contribution in [3.05, 3.63) is 11.8 Å². The summed E-state index contributed by atoms with van der Waals surface area (Å²) in [5, 5.41) is 6.99. The maximum Gasteiger partial charge on any atom is 0.244 e. The number of ether oxygens (including phenoxy) is 1. The minimum Gasteiger partial charge on any atom is -0.381 e. The van der Waals surface area contributed by atoms with Crippen LogP contribution in [0.1, 0.15) is 45.2 Å². The first-order chi connectivity index (χ1) is 12.0. The first-order valence-electron chi connectivity index (χ1n) is 9.05. The molecule has 1 aromatic rings. The van der Waals surface area contributed by atoms with E-state index in [1.54, 1.807) is 6.07 Å². The van der Waals surface area contributed by atoms with Gasteiger partial charge in [0.15, 0.2) is 0 Å². The molecule has 2 aliphatic rings. The molecule has 1 amide bonds. The van der Waals surface area contributed by atoms with E-state index in [1.165, 1.54) is 0 Å². The van der Waals surface area contributed by atoms with E-state index in [1.807, 2.05) is 13.8 Å². The quantitative estimate of drug-likeness (QED) is 0.798. The Morgan fingerprint density at radius 3 is 2.92 bits per heavy atom. The number of carbonyl (C=O) groups is 1. The lowest BCUT2D eigenvalue weighted by molar-refractivity contribution is -0.121. The molecular formula is C18H28N4O3. The summed E-state index contributed by atoms with van der Waals surface area (Å²) < 4.78 is 10.8. The van der Waals surface area contributed by atoms with Crippen LogP contribution in [0.5, 0.6) is 0 Å². The number of anilines is 1. The van der Waals surface area contributed by atoms with Crippen LogP contribution in [0.15, 0.2) is 15.6 Å². The number of carbonyl (C=O) groups excluding carboxylic acids is 1. The molecule has 25 heavy (non-hydrogen) atoms. The molecule has 0 saturated carbocycles. The monoisotopic (exact) mass is 348 g/mol. The van der Waals surface area contributed by atoms with Crippen LogP contribution in [0.4, 0.5) is 5.88 Å². The van der Waals surface area contributed by atoms with Crippen LogP contribution in [-0.4, -0.2) is 61.1 Å². The van der Waals surface area contributed by atoms with E-state index >= 15 is 0 Å². The minimum atomic E-state index is -0.268. The van der Waals surface area contributed by atoms with Crippen LogP contribution in [0.3, 0.4) is 0 Å². The van der Waals surface area contributed by atoms with E-state index < -0.39 is 0 Å². The summed E-state index contributed by atoms with van der Waals surface area (Å²) in [4.78, 5) is 19.0. The highest BCUT2D eigenvalue weighted by molar-refractivity contribution is 5.94. The number of aromatic nitrogens is 1. The number of nitrogens with zero attached hydrogens (tertiary/aromatic N) is 3. The predicted octanol–water partition coefficient (Wildman–Crippen LogP) is 2.23. The zero-order valence-electron chi connectivity index (χ0n) is 15.2. The maximum atomic E-state index is 12.8. The molecule has 0 aliphatic carbocycles. The molecule has 3 heterocycles. The highest BCUT2D eigenvalue weighted by atomic mass is 16.5. The number of likely N-dealkylation sites (tertiary alicyclic amines) is 1. The second-order valence-electron chi connectivity index (χ2n) is 7.57. The molecule has 7 nitrogen and oxygen atoms in total. The van der Waals surface area contributed by atoms with E-state index in [9.17, 15) is 4.79 Å². The van der Waals surface area contributed by atoms with Gasteiger partial charge in [0.2, 0.25) is 11.8 Å². The summed E-state index contributed by atoms with van der Waals surface area (Å²) in [7, 11) is 0. The highest BCUT2D eigenvalue weighted by Crippen LogP contribution is 2.28. The molecule has 2 saturated heterocycles. The van der Waals surface area contributed by atoms with Crippen molar-refractivity contribution < 1.29 is 14.1 Å². The fourth-order valence-electron chi connectivity index (χ4n) is 3.74. The van der Waals surface area contributed by atoms with Crippen molar-refractivity contribution in [2.75, 3.05) is 31.6 Å². The normalized spacial score (nSPS) is 22.9. The second-order valence-corrected chi connectivity index (χ2v) is 7.57. The number of nitrogens with one attached hydrogen (secondary N) is 1. The van der Waals surface area contributed by atoms with Crippen molar-refractivity contribution in [2.24, 2.45) is 4.99 Å². The standard InChI is InChI=1S/C18H28N4O3/c1-18(2,12-19-3)15-11-16(25-21-15)20-17(23)14-5-4-8-22(14)13-6-9-24-10-7-13/h11,13-14H,3-10,12H2,1-2H3,(H,20,23)/t14-/m0/s1. The Bertz CT molecular complexity index is 607. The highest BCUT2D eigenvalue weighted by Gasteiger charge is 2.36. The topological polar surface area (TPSA) is 80.0 Å². The smallest absolute Gasteiger partial charge is 0.244 e. The van der Waals surface area contributed by atoms with Gasteiger partial charge in [-0.25, -0.2) is 0 Å². The SMILES string of the molecule is C=NCC(C)(C)c1cc(NC(=O)[C@@H]2CCCN2C2CCOCC2)on1. The van der Waals surface area contributed by atoms with Gasteiger partial charge in [-0.3, -0.25) is 20.0 Å². The van der Waals surface area contributed by atoms with Gasteiger partial charge in [-0.2, -0.15) is 0 Å². The maximum absolute atomic E-state index is 12.8. The molecule has 0 bridgehead atoms. The van der Waals surface area contributed by atoms with Gasteiger partial charge in [0.25, 0.3) is 0 Å². The van der Waals surface area contributed by atoms with E-state index in [2.05, 4.69) is 27.1 Å². The third kappa shape index (κ3) is 4.10. The molecule has 1 atom stereocenters. The Morgan fingerprint density at radius 2 is 2.20 bits per heavy atom. The fourth-order valence-corrected chi connectivity index (χ4v) is 3.74. The van der Waals surface area contributed by atoms with Crippen molar-refractivity contribution in [3.63, 3.8) is 0 Å². The lowest BCUT2D eigenvalue weighted by atomic mass is 9.89. The molecule has 2 fully saturated rings. The number of rotatable bonds is 6. The largest absolute Gasteiger partial charge is 0.381 e. The van der Waals surface area contributed by atoms with Crippen LogP contribution in [0.2, 0.25) is 0 Å². The Balaban J connectivity index is 1.63. The van der Waals surface area contributed by atoms with Gasteiger partial charge in [-0.15, -0.1) is 0 Å². The Kier molecular flexibility index (Phi) is 5.54. The summed E-state index contributed by atoms with van der Waals surface area (Å²) in [5.41, 5.74) is 0.498. The first kappa shape index (κ1) is 18.1. The Labute approximate surface area is 148 Å². The molecule has 7 heteroatoms. The van der Waals surface area contributed by atoms with Crippen LogP contribution in [0, 0.1) is 0 Å². The van der Waals surface area contributed by atoms with E-state index in [4.69, 9.17) is 9.26 Å². The summed E-state index contributed by atoms with van der Waals surface area (Å²) in [6.45, 7) is 10.7. The molecule has 1 aromatic heterocycles.